The molecule has 0 fully saturated rings. The van der Waals surface area contributed by atoms with Gasteiger partial charge in [0.25, 0.3) is 0 Å². The Morgan fingerprint density at radius 3 is 2.56 bits per heavy atom. The van der Waals surface area contributed by atoms with Crippen molar-refractivity contribution in [3.8, 4) is 6.07 Å². The predicted octanol–water partition coefficient (Wildman–Crippen LogP) is 4.04. The van der Waals surface area contributed by atoms with E-state index in [-0.39, 0.29) is 0 Å². The summed E-state index contributed by atoms with van der Waals surface area (Å²) in [6.07, 6.45) is 0. The summed E-state index contributed by atoms with van der Waals surface area (Å²) < 4.78 is 0. The maximum atomic E-state index is 9.02. The number of thioether (sulfide) groups is 1. The Kier molecular flexibility index (Phi) is 3.71. The van der Waals surface area contributed by atoms with Gasteiger partial charge >= 0.3 is 0 Å². The van der Waals surface area contributed by atoms with Crippen LogP contribution < -0.4 is 0 Å². The molecule has 0 bridgehead atoms. The average molecular weight is 248 g/mol. The predicted molar refractivity (Wildman–Crippen MR) is 70.1 cm³/mol. The summed E-state index contributed by atoms with van der Waals surface area (Å²) in [5, 5.41) is 11.2. The minimum atomic E-state index is 0.638. The van der Waals surface area contributed by atoms with E-state index in [1.54, 1.807) is 11.8 Å². The second kappa shape index (κ2) is 5.25. The maximum Gasteiger partial charge on any atom is 0.0998 e. The van der Waals surface area contributed by atoms with Gasteiger partial charge < -0.3 is 0 Å². The first-order valence-corrected chi connectivity index (χ1v) is 6.49. The molecule has 3 heteroatoms. The van der Waals surface area contributed by atoms with E-state index in [1.807, 2.05) is 36.4 Å². The van der Waals surface area contributed by atoms with Crippen molar-refractivity contribution in [1.29, 1.82) is 5.26 Å². The lowest BCUT2D eigenvalue weighted by Crippen LogP contribution is -1.85. The molecule has 0 aliphatic carbocycles. The van der Waals surface area contributed by atoms with Gasteiger partial charge in [0, 0.05) is 21.9 Å². The highest BCUT2D eigenvalue weighted by Gasteiger charge is 2.04. The number of fused-ring (bicyclic) bond motifs is 1. The van der Waals surface area contributed by atoms with Crippen molar-refractivity contribution < 1.29 is 0 Å². The molecule has 0 radical (unpaired) electrons. The van der Waals surface area contributed by atoms with E-state index >= 15 is 0 Å². The Morgan fingerprint density at radius 2 is 1.88 bits per heavy atom. The number of hydrogen-bond acceptors (Lipinski definition) is 2. The first kappa shape index (κ1) is 11.3. The van der Waals surface area contributed by atoms with Gasteiger partial charge in [0.05, 0.1) is 11.6 Å². The molecule has 0 saturated carbocycles. The van der Waals surface area contributed by atoms with Crippen LogP contribution in [0, 0.1) is 11.3 Å². The molecular weight excluding hydrogens is 238 g/mol. The van der Waals surface area contributed by atoms with Crippen molar-refractivity contribution in [2.24, 2.45) is 0 Å². The largest absolute Gasteiger partial charge is 0.192 e. The fourth-order valence-electron chi connectivity index (χ4n) is 1.64. The molecule has 0 heterocycles. The molecule has 0 saturated heterocycles. The summed E-state index contributed by atoms with van der Waals surface area (Å²) in [6.45, 7) is 0. The van der Waals surface area contributed by atoms with Crippen LogP contribution in [0.5, 0.6) is 0 Å². The van der Waals surface area contributed by atoms with Crippen LogP contribution in [0.4, 0.5) is 0 Å². The summed E-state index contributed by atoms with van der Waals surface area (Å²) in [7, 11) is 0. The molecule has 2 rings (SSSR count). The Labute approximate surface area is 104 Å². The van der Waals surface area contributed by atoms with E-state index in [1.165, 1.54) is 4.90 Å². The van der Waals surface area contributed by atoms with E-state index in [9.17, 15) is 0 Å². The highest BCUT2D eigenvalue weighted by Crippen LogP contribution is 2.29. The van der Waals surface area contributed by atoms with Crippen molar-refractivity contribution >= 4 is 34.1 Å². The van der Waals surface area contributed by atoms with Crippen LogP contribution in [-0.2, 0) is 0 Å². The number of nitriles is 1. The zero-order valence-corrected chi connectivity index (χ0v) is 10.2. The van der Waals surface area contributed by atoms with Crippen molar-refractivity contribution in [1.82, 2.24) is 0 Å². The zero-order chi connectivity index (χ0) is 11.4. The van der Waals surface area contributed by atoms with E-state index in [0.717, 1.165) is 22.1 Å². The standard InChI is InChI=1S/C13H10ClNS/c14-7-8-16-13-6-5-10(9-15)11-3-1-2-4-12(11)13/h1-6H,7-8H2. The van der Waals surface area contributed by atoms with Crippen molar-refractivity contribution in [3.05, 3.63) is 42.0 Å². The van der Waals surface area contributed by atoms with Crippen molar-refractivity contribution in [2.45, 2.75) is 4.90 Å². The third-order valence-electron chi connectivity index (χ3n) is 2.34. The molecule has 0 amide bonds. The van der Waals surface area contributed by atoms with Crippen molar-refractivity contribution in [3.63, 3.8) is 0 Å². The number of hydrogen-bond donors (Lipinski definition) is 0. The molecule has 0 atom stereocenters. The lowest BCUT2D eigenvalue weighted by Gasteiger charge is -2.06. The van der Waals surface area contributed by atoms with Crippen LogP contribution in [0.2, 0.25) is 0 Å². The molecule has 16 heavy (non-hydrogen) atoms. The Morgan fingerprint density at radius 1 is 1.12 bits per heavy atom. The SMILES string of the molecule is N#Cc1ccc(SCCCl)c2ccccc12. The van der Waals surface area contributed by atoms with E-state index in [4.69, 9.17) is 16.9 Å². The normalized spacial score (nSPS) is 10.2. The number of nitrogens with zero attached hydrogens (tertiary/aromatic N) is 1. The molecule has 0 aliphatic heterocycles. The second-order valence-corrected chi connectivity index (χ2v) is 4.82. The summed E-state index contributed by atoms with van der Waals surface area (Å²) >= 11 is 7.42. The van der Waals surface area contributed by atoms with Crippen LogP contribution in [0.3, 0.4) is 0 Å². The third kappa shape index (κ3) is 2.16. The van der Waals surface area contributed by atoms with Gasteiger partial charge in [-0.3, -0.25) is 0 Å². The lowest BCUT2D eigenvalue weighted by molar-refractivity contribution is 1.45. The van der Waals surface area contributed by atoms with Crippen LogP contribution in [-0.4, -0.2) is 11.6 Å². The number of benzene rings is 2. The number of alkyl halides is 1. The fraction of sp³-hybridized carbons (Fsp3) is 0.154. The van der Waals surface area contributed by atoms with Gasteiger partial charge in [0.1, 0.15) is 0 Å². The fourth-order valence-corrected chi connectivity index (χ4v) is 2.67. The molecule has 0 aromatic heterocycles. The average Bonchev–Trinajstić information content (AvgIpc) is 2.36. The van der Waals surface area contributed by atoms with E-state index in [2.05, 4.69) is 6.07 Å². The molecule has 0 unspecified atom stereocenters. The van der Waals surface area contributed by atoms with Gasteiger partial charge in [0.15, 0.2) is 0 Å². The third-order valence-corrected chi connectivity index (χ3v) is 3.83. The molecule has 0 N–H and O–H groups in total. The van der Waals surface area contributed by atoms with Gasteiger partial charge in [-0.25, -0.2) is 0 Å². The zero-order valence-electron chi connectivity index (χ0n) is 8.61. The summed E-state index contributed by atoms with van der Waals surface area (Å²) in [5.41, 5.74) is 0.728. The Hall–Kier alpha value is -1.17. The number of halogens is 1. The maximum absolute atomic E-state index is 9.02. The second-order valence-electron chi connectivity index (χ2n) is 3.31. The first-order valence-electron chi connectivity index (χ1n) is 4.97. The molecular formula is C13H10ClNS. The molecule has 2 aromatic rings. The quantitative estimate of drug-likeness (QED) is 0.604. The molecule has 0 spiro atoms. The lowest BCUT2D eigenvalue weighted by atomic mass is 10.1. The van der Waals surface area contributed by atoms with Crippen LogP contribution in [0.1, 0.15) is 5.56 Å². The highest BCUT2D eigenvalue weighted by atomic mass is 35.5. The molecule has 1 nitrogen and oxygen atoms in total. The van der Waals surface area contributed by atoms with Gasteiger partial charge in [-0.05, 0) is 17.5 Å². The summed E-state index contributed by atoms with van der Waals surface area (Å²) in [6, 6.07) is 14.1. The van der Waals surface area contributed by atoms with E-state index < -0.39 is 0 Å². The van der Waals surface area contributed by atoms with Crippen LogP contribution in [0.25, 0.3) is 10.8 Å². The monoisotopic (exact) mass is 247 g/mol. The molecule has 80 valence electrons. The minimum Gasteiger partial charge on any atom is -0.192 e. The Bertz CT molecular complexity index is 545. The van der Waals surface area contributed by atoms with Crippen molar-refractivity contribution in [2.75, 3.05) is 11.6 Å². The van der Waals surface area contributed by atoms with Gasteiger partial charge in [-0.15, -0.1) is 23.4 Å². The minimum absolute atomic E-state index is 0.638. The van der Waals surface area contributed by atoms with Gasteiger partial charge in [-0.1, -0.05) is 24.3 Å². The number of rotatable bonds is 3. The van der Waals surface area contributed by atoms with Crippen LogP contribution in [0.15, 0.2) is 41.3 Å². The molecule has 2 aromatic carbocycles. The summed E-state index contributed by atoms with van der Waals surface area (Å²) in [4.78, 5) is 1.19. The highest BCUT2D eigenvalue weighted by molar-refractivity contribution is 7.99. The van der Waals surface area contributed by atoms with Gasteiger partial charge in [0.2, 0.25) is 0 Å². The van der Waals surface area contributed by atoms with Gasteiger partial charge in [-0.2, -0.15) is 5.26 Å². The van der Waals surface area contributed by atoms with E-state index in [0.29, 0.717) is 5.88 Å². The summed E-state index contributed by atoms with van der Waals surface area (Å²) in [5.74, 6) is 1.52. The molecule has 0 aliphatic rings. The van der Waals surface area contributed by atoms with Crippen LogP contribution >= 0.6 is 23.4 Å². The first-order chi connectivity index (χ1) is 7.86. The Balaban J connectivity index is 2.57. The topological polar surface area (TPSA) is 23.8 Å². The smallest absolute Gasteiger partial charge is 0.0998 e.